The third kappa shape index (κ3) is 4.55. The van der Waals surface area contributed by atoms with Crippen LogP contribution in [0.1, 0.15) is 24.8 Å². The van der Waals surface area contributed by atoms with Crippen LogP contribution in [0.2, 0.25) is 0 Å². The summed E-state index contributed by atoms with van der Waals surface area (Å²) in [6, 6.07) is 15.3. The molecule has 194 valence electrons. The van der Waals surface area contributed by atoms with Gasteiger partial charge in [-0.25, -0.2) is 14.8 Å². The molecule has 6 rings (SSSR count). The topological polar surface area (TPSA) is 93.4 Å². The number of benzene rings is 2. The summed E-state index contributed by atoms with van der Waals surface area (Å²) in [7, 11) is 7.28. The lowest BCUT2D eigenvalue weighted by Gasteiger charge is -2.20. The van der Waals surface area contributed by atoms with Gasteiger partial charge in [-0.1, -0.05) is 24.6 Å². The lowest BCUT2D eigenvalue weighted by atomic mass is 10.0. The van der Waals surface area contributed by atoms with Crippen molar-refractivity contribution >= 4 is 16.6 Å². The average molecular weight is 510 g/mol. The molecule has 0 saturated carbocycles. The number of fused-ring (bicyclic) bond motifs is 2. The highest BCUT2D eigenvalue weighted by Gasteiger charge is 2.19. The zero-order valence-corrected chi connectivity index (χ0v) is 22.2. The molecule has 1 fully saturated rings. The van der Waals surface area contributed by atoms with Crippen molar-refractivity contribution in [3.8, 4) is 34.5 Å². The van der Waals surface area contributed by atoms with Gasteiger partial charge in [0, 0.05) is 25.2 Å². The van der Waals surface area contributed by atoms with Crippen LogP contribution in [-0.4, -0.2) is 55.6 Å². The van der Waals surface area contributed by atoms with E-state index in [1.54, 1.807) is 55.0 Å². The van der Waals surface area contributed by atoms with E-state index >= 15 is 0 Å². The van der Waals surface area contributed by atoms with E-state index in [1.165, 1.54) is 32.4 Å². The van der Waals surface area contributed by atoms with Crippen molar-refractivity contribution in [3.05, 3.63) is 71.0 Å². The predicted molar refractivity (Wildman–Crippen MR) is 148 cm³/mol. The molecule has 9 nitrogen and oxygen atoms in total. The number of ether oxygens (including phenoxy) is 1. The van der Waals surface area contributed by atoms with Gasteiger partial charge in [-0.3, -0.25) is 13.5 Å². The maximum Gasteiger partial charge on any atom is 0.328 e. The number of nitrogens with zero attached hydrogens (tertiary/aromatic N) is 7. The minimum Gasteiger partial charge on any atom is -0.479 e. The van der Waals surface area contributed by atoms with E-state index in [0.717, 1.165) is 33.4 Å². The number of aryl methyl sites for hydroxylation is 2. The Bertz CT molecular complexity index is 1700. The molecule has 2 aromatic carbocycles. The number of methoxy groups -OCH3 is 1. The highest BCUT2D eigenvalue weighted by atomic mass is 16.5. The van der Waals surface area contributed by atoms with Crippen LogP contribution in [0.3, 0.4) is 0 Å². The van der Waals surface area contributed by atoms with E-state index in [-0.39, 0.29) is 5.69 Å². The first-order chi connectivity index (χ1) is 18.4. The molecule has 0 unspecified atom stereocenters. The first-order valence-electron chi connectivity index (χ1n) is 12.7. The lowest BCUT2D eigenvalue weighted by molar-refractivity contribution is 0.277. The molecule has 0 bridgehead atoms. The van der Waals surface area contributed by atoms with Crippen molar-refractivity contribution in [1.29, 1.82) is 5.26 Å². The molecule has 38 heavy (non-hydrogen) atoms. The van der Waals surface area contributed by atoms with Crippen molar-refractivity contribution in [3.63, 3.8) is 0 Å². The van der Waals surface area contributed by atoms with Crippen LogP contribution in [0.4, 0.5) is 0 Å². The fraction of sp³-hybridized carbons (Fsp3) is 0.310. The molecule has 9 heteroatoms. The summed E-state index contributed by atoms with van der Waals surface area (Å²) in [5.41, 5.74) is 6.11. The van der Waals surface area contributed by atoms with Crippen molar-refractivity contribution < 1.29 is 4.74 Å². The number of piperidine rings is 1. The third-order valence-electron chi connectivity index (χ3n) is 7.14. The van der Waals surface area contributed by atoms with Crippen LogP contribution in [0.5, 0.6) is 5.88 Å². The SMILES string of the molecule is CN1CCCCC1.COc1nc(-c2ccc(C#N)cc2)c(-c2ccc3c(c2)n(C)c(=O)n3C)n2cncc12. The number of hydrogen-bond donors (Lipinski definition) is 0. The molecule has 0 amide bonds. The van der Waals surface area contributed by atoms with E-state index < -0.39 is 0 Å². The van der Waals surface area contributed by atoms with Gasteiger partial charge < -0.3 is 9.64 Å². The van der Waals surface area contributed by atoms with Crippen LogP contribution >= 0.6 is 0 Å². The van der Waals surface area contributed by atoms with E-state index in [1.807, 2.05) is 34.7 Å². The average Bonchev–Trinajstić information content (AvgIpc) is 3.53. The van der Waals surface area contributed by atoms with E-state index in [0.29, 0.717) is 17.1 Å². The zero-order valence-electron chi connectivity index (χ0n) is 22.2. The smallest absolute Gasteiger partial charge is 0.328 e. The number of nitriles is 1. The first kappa shape index (κ1) is 25.2. The van der Waals surface area contributed by atoms with Gasteiger partial charge in [-0.15, -0.1) is 0 Å². The second-order valence-electron chi connectivity index (χ2n) is 9.62. The minimum absolute atomic E-state index is 0.0832. The van der Waals surface area contributed by atoms with Gasteiger partial charge in [-0.2, -0.15) is 5.26 Å². The van der Waals surface area contributed by atoms with Gasteiger partial charge in [0.15, 0.2) is 0 Å². The molecule has 1 aliphatic heterocycles. The van der Waals surface area contributed by atoms with Gasteiger partial charge in [0.1, 0.15) is 5.52 Å². The molecule has 0 spiro atoms. The maximum absolute atomic E-state index is 12.4. The van der Waals surface area contributed by atoms with Crippen LogP contribution in [0.15, 0.2) is 59.8 Å². The van der Waals surface area contributed by atoms with Gasteiger partial charge in [0.2, 0.25) is 5.88 Å². The van der Waals surface area contributed by atoms with E-state index in [9.17, 15) is 4.79 Å². The first-order valence-corrected chi connectivity index (χ1v) is 12.7. The molecule has 0 N–H and O–H groups in total. The molecule has 1 aliphatic rings. The number of aromatic nitrogens is 5. The van der Waals surface area contributed by atoms with Gasteiger partial charge in [-0.05, 0) is 57.2 Å². The molecule has 4 heterocycles. The van der Waals surface area contributed by atoms with Crippen molar-refractivity contribution in [2.24, 2.45) is 14.1 Å². The van der Waals surface area contributed by atoms with Crippen molar-refractivity contribution in [2.45, 2.75) is 19.3 Å². The molecular weight excluding hydrogens is 478 g/mol. The van der Waals surface area contributed by atoms with Gasteiger partial charge in [0.25, 0.3) is 0 Å². The molecular formula is C29H31N7O2. The van der Waals surface area contributed by atoms with Crippen LogP contribution in [0.25, 0.3) is 39.1 Å². The van der Waals surface area contributed by atoms with Crippen LogP contribution in [-0.2, 0) is 14.1 Å². The molecule has 5 aromatic rings. The van der Waals surface area contributed by atoms with Gasteiger partial charge >= 0.3 is 5.69 Å². The Morgan fingerprint density at radius 1 is 0.895 bits per heavy atom. The Kier molecular flexibility index (Phi) is 6.99. The number of imidazole rings is 2. The fourth-order valence-electron chi connectivity index (χ4n) is 4.99. The summed E-state index contributed by atoms with van der Waals surface area (Å²) in [4.78, 5) is 23.9. The predicted octanol–water partition coefficient (Wildman–Crippen LogP) is 4.24. The molecule has 1 saturated heterocycles. The Morgan fingerprint density at radius 3 is 2.21 bits per heavy atom. The van der Waals surface area contributed by atoms with E-state index in [4.69, 9.17) is 15.0 Å². The van der Waals surface area contributed by atoms with Crippen LogP contribution < -0.4 is 10.4 Å². The van der Waals surface area contributed by atoms with Crippen molar-refractivity contribution in [2.75, 3.05) is 27.2 Å². The Balaban J connectivity index is 0.000000366. The van der Waals surface area contributed by atoms with Crippen LogP contribution in [0, 0.1) is 11.3 Å². The molecule has 0 aliphatic carbocycles. The third-order valence-corrected chi connectivity index (χ3v) is 7.14. The Labute approximate surface area is 221 Å². The molecule has 0 radical (unpaired) electrons. The number of hydrogen-bond acceptors (Lipinski definition) is 6. The Hall–Kier alpha value is -4.42. The normalized spacial score (nSPS) is 13.8. The van der Waals surface area contributed by atoms with E-state index in [2.05, 4.69) is 23.0 Å². The molecule has 0 atom stereocenters. The fourth-order valence-corrected chi connectivity index (χ4v) is 4.99. The summed E-state index contributed by atoms with van der Waals surface area (Å²) < 4.78 is 10.7. The lowest BCUT2D eigenvalue weighted by Crippen LogP contribution is -2.24. The molecule has 3 aromatic heterocycles. The number of rotatable bonds is 3. The highest BCUT2D eigenvalue weighted by Crippen LogP contribution is 2.36. The summed E-state index contributed by atoms with van der Waals surface area (Å²) in [6.45, 7) is 2.64. The summed E-state index contributed by atoms with van der Waals surface area (Å²) in [5.74, 6) is 0.453. The minimum atomic E-state index is -0.0832. The van der Waals surface area contributed by atoms with Gasteiger partial charge in [0.05, 0.1) is 53.7 Å². The summed E-state index contributed by atoms with van der Waals surface area (Å²) in [6.07, 6.45) is 7.70. The summed E-state index contributed by atoms with van der Waals surface area (Å²) >= 11 is 0. The quantitative estimate of drug-likeness (QED) is 0.361. The Morgan fingerprint density at radius 2 is 1.58 bits per heavy atom. The maximum atomic E-state index is 12.4. The second-order valence-corrected chi connectivity index (χ2v) is 9.62. The number of likely N-dealkylation sites (tertiary alicyclic amines) is 1. The zero-order chi connectivity index (χ0) is 26.8. The van der Waals surface area contributed by atoms with Crippen molar-refractivity contribution in [1.82, 2.24) is 28.4 Å². The second kappa shape index (κ2) is 10.5. The largest absolute Gasteiger partial charge is 0.479 e. The standard InChI is InChI=1S/C23H18N6O2.C6H13N/c1-27-17-9-8-16(10-18(17)28(2)23(27)30)21-20(15-6-4-14(11-24)5-7-15)26-22(31-3)19-12-25-13-29(19)21;1-7-5-3-2-4-6-7/h4-10,12-13H,1-3H3;2-6H2,1H3. The summed E-state index contributed by atoms with van der Waals surface area (Å²) in [5, 5.41) is 9.15. The monoisotopic (exact) mass is 509 g/mol. The highest BCUT2D eigenvalue weighted by molar-refractivity contribution is 5.88.